The van der Waals surface area contributed by atoms with Gasteiger partial charge in [0.1, 0.15) is 5.75 Å². The van der Waals surface area contributed by atoms with Gasteiger partial charge in [-0.15, -0.1) is 0 Å². The monoisotopic (exact) mass is 389 g/mol. The van der Waals surface area contributed by atoms with E-state index >= 15 is 0 Å². The fraction of sp³-hybridized carbons (Fsp3) is 0.682. The van der Waals surface area contributed by atoms with Crippen LogP contribution in [0.4, 0.5) is 0 Å². The lowest BCUT2D eigenvalue weighted by atomic mass is 10.2. The number of amides is 1. The minimum atomic E-state index is 0.0880. The molecule has 6 heteroatoms. The molecule has 0 aromatic heterocycles. The summed E-state index contributed by atoms with van der Waals surface area (Å²) in [6, 6.07) is 8.63. The van der Waals surface area contributed by atoms with Crippen LogP contribution in [0.3, 0.4) is 0 Å². The molecule has 1 aromatic rings. The minimum Gasteiger partial charge on any atom is -0.497 e. The largest absolute Gasteiger partial charge is 0.497 e. The number of morpholine rings is 1. The molecule has 1 heterocycles. The summed E-state index contributed by atoms with van der Waals surface area (Å²) in [6.45, 7) is 10.0. The number of carbonyl (C=O) groups excluding carboxylic acids is 1. The van der Waals surface area contributed by atoms with E-state index in [4.69, 9.17) is 9.47 Å². The van der Waals surface area contributed by atoms with Crippen LogP contribution in [0.15, 0.2) is 24.3 Å². The molecule has 0 radical (unpaired) electrons. The van der Waals surface area contributed by atoms with Crippen LogP contribution in [0.25, 0.3) is 0 Å². The molecule has 156 valence electrons. The molecule has 1 atom stereocenters. The molecule has 28 heavy (non-hydrogen) atoms. The third-order valence-electron chi connectivity index (χ3n) is 5.33. The lowest BCUT2D eigenvalue weighted by Gasteiger charge is -2.34. The first-order valence-corrected chi connectivity index (χ1v) is 10.5. The van der Waals surface area contributed by atoms with Gasteiger partial charge in [-0.2, -0.15) is 0 Å². The average molecular weight is 390 g/mol. The van der Waals surface area contributed by atoms with Crippen molar-refractivity contribution in [2.75, 3.05) is 46.4 Å². The van der Waals surface area contributed by atoms with E-state index < -0.39 is 0 Å². The zero-order valence-electron chi connectivity index (χ0n) is 17.5. The predicted octanol–water partition coefficient (Wildman–Crippen LogP) is 2.13. The first kappa shape index (κ1) is 21.1. The van der Waals surface area contributed by atoms with Gasteiger partial charge in [0.25, 0.3) is 0 Å². The third-order valence-corrected chi connectivity index (χ3v) is 5.33. The van der Waals surface area contributed by atoms with Crippen molar-refractivity contribution in [3.8, 4) is 5.75 Å². The fourth-order valence-electron chi connectivity index (χ4n) is 3.77. The van der Waals surface area contributed by atoms with Gasteiger partial charge < -0.3 is 14.8 Å². The number of methoxy groups -OCH3 is 1. The zero-order chi connectivity index (χ0) is 19.9. The van der Waals surface area contributed by atoms with Crippen molar-refractivity contribution >= 4 is 5.91 Å². The SMILES string of the molecule is COc1ccc(CN(CC(=O)NCC2CN(CC(C)C)CCO2)C2CC2)cc1. The number of ether oxygens (including phenoxy) is 2. The Balaban J connectivity index is 1.44. The lowest BCUT2D eigenvalue weighted by molar-refractivity contribution is -0.123. The molecular formula is C22H35N3O3. The standard InChI is InChI=1S/C22H35N3O3/c1-17(2)13-24-10-11-28-21(15-24)12-23-22(26)16-25(19-6-7-19)14-18-4-8-20(27-3)9-5-18/h4-5,8-9,17,19,21H,6-7,10-16H2,1-3H3,(H,23,26). The number of benzene rings is 1. The zero-order valence-corrected chi connectivity index (χ0v) is 17.5. The Labute approximate surface area is 169 Å². The van der Waals surface area contributed by atoms with Crippen LogP contribution in [0, 0.1) is 5.92 Å². The first-order chi connectivity index (χ1) is 13.5. The number of hydrogen-bond donors (Lipinski definition) is 1. The number of nitrogens with zero attached hydrogens (tertiary/aromatic N) is 2. The Morgan fingerprint density at radius 2 is 2.07 bits per heavy atom. The molecule has 1 amide bonds. The maximum absolute atomic E-state index is 12.5. The van der Waals surface area contributed by atoms with E-state index in [2.05, 4.69) is 41.1 Å². The maximum Gasteiger partial charge on any atom is 0.234 e. The molecule has 1 N–H and O–H groups in total. The molecule has 1 aliphatic heterocycles. The molecule has 3 rings (SSSR count). The molecular weight excluding hydrogens is 354 g/mol. The van der Waals surface area contributed by atoms with Gasteiger partial charge in [-0.05, 0) is 36.5 Å². The van der Waals surface area contributed by atoms with Crippen molar-refractivity contribution in [3.05, 3.63) is 29.8 Å². The van der Waals surface area contributed by atoms with E-state index in [1.165, 1.54) is 18.4 Å². The summed E-state index contributed by atoms with van der Waals surface area (Å²) in [6.07, 6.45) is 2.45. The molecule has 0 bridgehead atoms. The number of carbonyl (C=O) groups is 1. The lowest BCUT2D eigenvalue weighted by Crippen LogP contribution is -2.49. The van der Waals surface area contributed by atoms with Gasteiger partial charge >= 0.3 is 0 Å². The normalized spacial score (nSPS) is 20.5. The first-order valence-electron chi connectivity index (χ1n) is 10.5. The van der Waals surface area contributed by atoms with Crippen molar-refractivity contribution in [2.45, 2.75) is 45.4 Å². The topological polar surface area (TPSA) is 54.0 Å². The second kappa shape index (κ2) is 10.2. The Kier molecular flexibility index (Phi) is 7.71. The Morgan fingerprint density at radius 1 is 1.32 bits per heavy atom. The molecule has 2 aliphatic rings. The molecule has 1 unspecified atom stereocenters. The highest BCUT2D eigenvalue weighted by Gasteiger charge is 2.30. The summed E-state index contributed by atoms with van der Waals surface area (Å²) < 4.78 is 11.1. The van der Waals surface area contributed by atoms with Crippen LogP contribution in [-0.4, -0.2) is 74.3 Å². The van der Waals surface area contributed by atoms with Crippen LogP contribution < -0.4 is 10.1 Å². The van der Waals surface area contributed by atoms with Gasteiger partial charge in [-0.25, -0.2) is 0 Å². The summed E-state index contributed by atoms with van der Waals surface area (Å²) in [5.74, 6) is 1.60. The summed E-state index contributed by atoms with van der Waals surface area (Å²) in [5.41, 5.74) is 1.21. The minimum absolute atomic E-state index is 0.0880. The maximum atomic E-state index is 12.5. The number of nitrogens with one attached hydrogen (secondary N) is 1. The van der Waals surface area contributed by atoms with E-state index in [-0.39, 0.29) is 12.0 Å². The summed E-state index contributed by atoms with van der Waals surface area (Å²) in [4.78, 5) is 17.3. The van der Waals surface area contributed by atoms with Gasteiger partial charge in [-0.1, -0.05) is 26.0 Å². The van der Waals surface area contributed by atoms with E-state index in [0.717, 1.165) is 38.5 Å². The Bertz CT molecular complexity index is 616. The van der Waals surface area contributed by atoms with Gasteiger partial charge in [0.15, 0.2) is 0 Å². The fourth-order valence-corrected chi connectivity index (χ4v) is 3.77. The highest BCUT2D eigenvalue weighted by atomic mass is 16.5. The highest BCUT2D eigenvalue weighted by Crippen LogP contribution is 2.28. The van der Waals surface area contributed by atoms with Crippen molar-refractivity contribution in [1.29, 1.82) is 0 Å². The molecule has 1 saturated carbocycles. The van der Waals surface area contributed by atoms with Crippen LogP contribution in [0.5, 0.6) is 5.75 Å². The van der Waals surface area contributed by atoms with E-state index in [9.17, 15) is 4.79 Å². The number of rotatable bonds is 10. The van der Waals surface area contributed by atoms with Crippen LogP contribution >= 0.6 is 0 Å². The van der Waals surface area contributed by atoms with Crippen LogP contribution in [-0.2, 0) is 16.1 Å². The predicted molar refractivity (Wildman–Crippen MR) is 110 cm³/mol. The molecule has 0 spiro atoms. The van der Waals surface area contributed by atoms with Gasteiger partial charge in [0, 0.05) is 38.8 Å². The smallest absolute Gasteiger partial charge is 0.234 e. The van der Waals surface area contributed by atoms with Crippen LogP contribution in [0.2, 0.25) is 0 Å². The second-order valence-electron chi connectivity index (χ2n) is 8.43. The van der Waals surface area contributed by atoms with E-state index in [0.29, 0.717) is 25.0 Å². The van der Waals surface area contributed by atoms with Crippen LogP contribution in [0.1, 0.15) is 32.3 Å². The van der Waals surface area contributed by atoms with Crippen molar-refractivity contribution in [2.24, 2.45) is 5.92 Å². The highest BCUT2D eigenvalue weighted by molar-refractivity contribution is 5.78. The average Bonchev–Trinajstić information content (AvgIpc) is 3.51. The molecule has 1 aliphatic carbocycles. The Hall–Kier alpha value is -1.63. The summed E-state index contributed by atoms with van der Waals surface area (Å²) >= 11 is 0. The van der Waals surface area contributed by atoms with E-state index in [1.807, 2.05) is 12.1 Å². The van der Waals surface area contributed by atoms with Crippen molar-refractivity contribution in [3.63, 3.8) is 0 Å². The molecule has 2 fully saturated rings. The molecule has 6 nitrogen and oxygen atoms in total. The number of hydrogen-bond acceptors (Lipinski definition) is 5. The van der Waals surface area contributed by atoms with E-state index in [1.54, 1.807) is 7.11 Å². The summed E-state index contributed by atoms with van der Waals surface area (Å²) in [5, 5.41) is 3.09. The van der Waals surface area contributed by atoms with Crippen molar-refractivity contribution < 1.29 is 14.3 Å². The van der Waals surface area contributed by atoms with Gasteiger partial charge in [0.2, 0.25) is 5.91 Å². The second-order valence-corrected chi connectivity index (χ2v) is 8.43. The molecule has 1 saturated heterocycles. The van der Waals surface area contributed by atoms with Crippen molar-refractivity contribution in [1.82, 2.24) is 15.1 Å². The summed E-state index contributed by atoms with van der Waals surface area (Å²) in [7, 11) is 1.67. The molecule has 1 aromatic carbocycles. The van der Waals surface area contributed by atoms with Gasteiger partial charge in [0.05, 0.1) is 26.4 Å². The van der Waals surface area contributed by atoms with Gasteiger partial charge in [-0.3, -0.25) is 14.6 Å². The third kappa shape index (κ3) is 6.76. The Morgan fingerprint density at radius 3 is 2.71 bits per heavy atom. The quantitative estimate of drug-likeness (QED) is 0.664.